The molecule has 0 saturated carbocycles. The predicted molar refractivity (Wildman–Crippen MR) is 77.8 cm³/mol. The van der Waals surface area contributed by atoms with Crippen molar-refractivity contribution in [3.8, 4) is 0 Å². The number of aliphatic hydroxyl groups excluding tert-OH is 1. The second kappa shape index (κ2) is 8.64. The first-order chi connectivity index (χ1) is 9.88. The number of nitrogens with zero attached hydrogens (tertiary/aromatic N) is 1. The van der Waals surface area contributed by atoms with E-state index in [0.29, 0.717) is 32.5 Å². The van der Waals surface area contributed by atoms with Crippen molar-refractivity contribution in [2.24, 2.45) is 0 Å². The van der Waals surface area contributed by atoms with Gasteiger partial charge in [-0.1, -0.05) is 0 Å². The second-order valence-electron chi connectivity index (χ2n) is 4.97. The first-order valence-electron chi connectivity index (χ1n) is 7.20. The summed E-state index contributed by atoms with van der Waals surface area (Å²) in [5, 5.41) is 12.0. The third kappa shape index (κ3) is 5.87. The second-order valence-corrected chi connectivity index (χ2v) is 6.68. The zero-order valence-electron chi connectivity index (χ0n) is 12.5. The highest BCUT2D eigenvalue weighted by molar-refractivity contribution is 7.87. The molecule has 2 unspecified atom stereocenters. The Balaban J connectivity index is 2.47. The highest BCUT2D eigenvalue weighted by Crippen LogP contribution is 2.21. The number of aliphatic hydroxyl groups is 1. The normalized spacial score (nSPS) is 21.4. The Kier molecular flexibility index (Phi) is 7.53. The van der Waals surface area contributed by atoms with Crippen molar-refractivity contribution >= 4 is 16.2 Å². The summed E-state index contributed by atoms with van der Waals surface area (Å²) in [6.07, 6.45) is 0.651. The number of hydrogen-bond donors (Lipinski definition) is 3. The van der Waals surface area contributed by atoms with Crippen molar-refractivity contribution in [3.05, 3.63) is 0 Å². The lowest BCUT2D eigenvalue weighted by Gasteiger charge is -2.22. The number of rotatable bonds is 9. The minimum Gasteiger partial charge on any atom is -0.465 e. The van der Waals surface area contributed by atoms with Gasteiger partial charge in [-0.3, -0.25) is 4.79 Å². The lowest BCUT2D eigenvalue weighted by Crippen LogP contribution is -2.48. The molecule has 1 aliphatic rings. The number of esters is 1. The predicted octanol–water partition coefficient (Wildman–Crippen LogP) is -1.18. The molecule has 8 nitrogen and oxygen atoms in total. The maximum atomic E-state index is 12.2. The Morgan fingerprint density at radius 1 is 1.48 bits per heavy atom. The summed E-state index contributed by atoms with van der Waals surface area (Å²) >= 11 is 0. The Labute approximate surface area is 126 Å². The SMILES string of the molecule is CCOC(=O)C1CCCN1S(=O)(=O)NCCNCC(C)O. The molecule has 1 aliphatic heterocycles. The van der Waals surface area contributed by atoms with Crippen molar-refractivity contribution in [1.82, 2.24) is 14.3 Å². The van der Waals surface area contributed by atoms with Crippen LogP contribution in [0.3, 0.4) is 0 Å². The van der Waals surface area contributed by atoms with Crippen LogP contribution in [0.15, 0.2) is 0 Å². The summed E-state index contributed by atoms with van der Waals surface area (Å²) in [5.41, 5.74) is 0. The molecule has 1 saturated heterocycles. The van der Waals surface area contributed by atoms with Gasteiger partial charge in [-0.2, -0.15) is 12.7 Å². The lowest BCUT2D eigenvalue weighted by molar-refractivity contribution is -0.146. The fourth-order valence-electron chi connectivity index (χ4n) is 2.16. The van der Waals surface area contributed by atoms with E-state index in [1.54, 1.807) is 13.8 Å². The maximum Gasteiger partial charge on any atom is 0.324 e. The van der Waals surface area contributed by atoms with E-state index in [0.717, 1.165) is 0 Å². The monoisotopic (exact) mass is 323 g/mol. The molecule has 9 heteroatoms. The highest BCUT2D eigenvalue weighted by atomic mass is 32.2. The molecule has 0 aromatic carbocycles. The van der Waals surface area contributed by atoms with Gasteiger partial charge in [0, 0.05) is 26.2 Å². The molecule has 3 N–H and O–H groups in total. The third-order valence-electron chi connectivity index (χ3n) is 3.10. The third-order valence-corrected chi connectivity index (χ3v) is 4.72. The van der Waals surface area contributed by atoms with Gasteiger partial charge in [-0.15, -0.1) is 0 Å². The van der Waals surface area contributed by atoms with Gasteiger partial charge < -0.3 is 15.2 Å². The Morgan fingerprint density at radius 2 is 2.19 bits per heavy atom. The number of carbonyl (C=O) groups is 1. The van der Waals surface area contributed by atoms with Crippen molar-refractivity contribution < 1.29 is 23.1 Å². The molecule has 1 rings (SSSR count). The average Bonchev–Trinajstić information content (AvgIpc) is 2.88. The van der Waals surface area contributed by atoms with Crippen LogP contribution in [-0.2, 0) is 19.7 Å². The van der Waals surface area contributed by atoms with Crippen LogP contribution in [0.2, 0.25) is 0 Å². The number of hydrogen-bond acceptors (Lipinski definition) is 6. The fourth-order valence-corrected chi connectivity index (χ4v) is 3.59. The molecule has 1 heterocycles. The van der Waals surface area contributed by atoms with Crippen molar-refractivity contribution in [2.75, 3.05) is 32.8 Å². The molecule has 1 fully saturated rings. The topological polar surface area (TPSA) is 108 Å². The zero-order valence-corrected chi connectivity index (χ0v) is 13.4. The highest BCUT2D eigenvalue weighted by Gasteiger charge is 2.39. The summed E-state index contributed by atoms with van der Waals surface area (Å²) in [6.45, 7) is 4.89. The molecular formula is C12H25N3O5S. The van der Waals surface area contributed by atoms with E-state index >= 15 is 0 Å². The van der Waals surface area contributed by atoms with Gasteiger partial charge in [0.2, 0.25) is 0 Å². The summed E-state index contributed by atoms with van der Waals surface area (Å²) in [4.78, 5) is 11.8. The van der Waals surface area contributed by atoms with Crippen molar-refractivity contribution in [3.63, 3.8) is 0 Å². The van der Waals surface area contributed by atoms with Crippen LogP contribution in [0, 0.1) is 0 Å². The van der Waals surface area contributed by atoms with Crippen molar-refractivity contribution in [1.29, 1.82) is 0 Å². The Hall–Kier alpha value is -0.740. The van der Waals surface area contributed by atoms with Crippen LogP contribution >= 0.6 is 0 Å². The van der Waals surface area contributed by atoms with Crippen LogP contribution in [-0.4, -0.2) is 68.7 Å². The minimum atomic E-state index is -3.69. The van der Waals surface area contributed by atoms with Crippen molar-refractivity contribution in [2.45, 2.75) is 38.8 Å². The van der Waals surface area contributed by atoms with Gasteiger partial charge in [-0.25, -0.2) is 4.72 Å². The van der Waals surface area contributed by atoms with Crippen LogP contribution in [0.25, 0.3) is 0 Å². The molecule has 0 aromatic rings. The van der Waals surface area contributed by atoms with Gasteiger partial charge in [0.25, 0.3) is 10.2 Å². The van der Waals surface area contributed by atoms with Gasteiger partial charge in [0.05, 0.1) is 12.7 Å². The minimum absolute atomic E-state index is 0.196. The first-order valence-corrected chi connectivity index (χ1v) is 8.64. The summed E-state index contributed by atoms with van der Waals surface area (Å²) < 4.78 is 32.9. The number of nitrogens with one attached hydrogen (secondary N) is 2. The Bertz CT molecular complexity index is 427. The molecule has 2 atom stereocenters. The number of ether oxygens (including phenoxy) is 1. The zero-order chi connectivity index (χ0) is 15.9. The standard InChI is InChI=1S/C12H25N3O5S/c1-3-20-12(17)11-5-4-8-15(11)21(18,19)14-7-6-13-9-10(2)16/h10-11,13-14,16H,3-9H2,1-2H3. The smallest absolute Gasteiger partial charge is 0.324 e. The van der Waals surface area contributed by atoms with E-state index in [1.165, 1.54) is 4.31 Å². The van der Waals surface area contributed by atoms with Gasteiger partial charge in [0.15, 0.2) is 0 Å². The van der Waals surface area contributed by atoms with Gasteiger partial charge in [0.1, 0.15) is 6.04 Å². The number of carbonyl (C=O) groups excluding carboxylic acids is 1. The molecule has 21 heavy (non-hydrogen) atoms. The fraction of sp³-hybridized carbons (Fsp3) is 0.917. The average molecular weight is 323 g/mol. The lowest BCUT2D eigenvalue weighted by atomic mass is 10.2. The van der Waals surface area contributed by atoms with E-state index in [9.17, 15) is 13.2 Å². The quantitative estimate of drug-likeness (QED) is 0.364. The van der Waals surface area contributed by atoms with E-state index in [2.05, 4.69) is 10.0 Å². The maximum absolute atomic E-state index is 12.2. The van der Waals surface area contributed by atoms with Crippen LogP contribution < -0.4 is 10.0 Å². The van der Waals surface area contributed by atoms with E-state index in [-0.39, 0.29) is 13.2 Å². The molecule has 124 valence electrons. The molecule has 0 bridgehead atoms. The van der Waals surface area contributed by atoms with E-state index in [1.807, 2.05) is 0 Å². The molecule has 0 aliphatic carbocycles. The molecule has 0 amide bonds. The first kappa shape index (κ1) is 18.3. The van der Waals surface area contributed by atoms with Crippen LogP contribution in [0.1, 0.15) is 26.7 Å². The molecule has 0 aromatic heterocycles. The van der Waals surface area contributed by atoms with Gasteiger partial charge in [-0.05, 0) is 26.7 Å². The summed E-state index contributed by atoms with van der Waals surface area (Å²) in [5.74, 6) is -0.493. The largest absolute Gasteiger partial charge is 0.465 e. The van der Waals surface area contributed by atoms with E-state index in [4.69, 9.17) is 9.84 Å². The van der Waals surface area contributed by atoms with Gasteiger partial charge >= 0.3 is 5.97 Å². The van der Waals surface area contributed by atoms with E-state index < -0.39 is 28.3 Å². The Morgan fingerprint density at radius 3 is 2.81 bits per heavy atom. The van der Waals surface area contributed by atoms with Crippen LogP contribution in [0.4, 0.5) is 0 Å². The molecule has 0 spiro atoms. The molecule has 0 radical (unpaired) electrons. The molecular weight excluding hydrogens is 298 g/mol. The van der Waals surface area contributed by atoms with Crippen LogP contribution in [0.5, 0.6) is 0 Å². The summed E-state index contributed by atoms with van der Waals surface area (Å²) in [7, 11) is -3.69. The summed E-state index contributed by atoms with van der Waals surface area (Å²) in [6, 6.07) is -0.729.